The number of hydrogen-bond donors (Lipinski definition) is 1. The molecule has 30 heavy (non-hydrogen) atoms. The van der Waals surface area contributed by atoms with Crippen molar-refractivity contribution in [2.75, 3.05) is 36.4 Å². The maximum absolute atomic E-state index is 12.6. The summed E-state index contributed by atoms with van der Waals surface area (Å²) in [5.74, 6) is -0.221. The zero-order valence-electron chi connectivity index (χ0n) is 17.2. The van der Waals surface area contributed by atoms with E-state index in [1.807, 2.05) is 24.3 Å². The lowest BCUT2D eigenvalue weighted by molar-refractivity contribution is 0.102. The molecule has 0 radical (unpaired) electrons. The number of rotatable bonds is 6. The second-order valence-electron chi connectivity index (χ2n) is 8.11. The Hall–Kier alpha value is -2.38. The largest absolute Gasteiger partial charge is 0.372 e. The van der Waals surface area contributed by atoms with Crippen LogP contribution in [0.1, 0.15) is 48.0 Å². The highest BCUT2D eigenvalue weighted by Gasteiger charge is 2.24. The van der Waals surface area contributed by atoms with Gasteiger partial charge in [-0.1, -0.05) is 18.6 Å². The predicted molar refractivity (Wildman–Crippen MR) is 120 cm³/mol. The van der Waals surface area contributed by atoms with Crippen LogP contribution in [0.3, 0.4) is 0 Å². The van der Waals surface area contributed by atoms with E-state index in [1.165, 1.54) is 18.5 Å². The fourth-order valence-corrected chi connectivity index (χ4v) is 5.74. The van der Waals surface area contributed by atoms with Crippen LogP contribution in [0, 0.1) is 0 Å². The van der Waals surface area contributed by atoms with Crippen molar-refractivity contribution >= 4 is 27.3 Å². The number of amides is 1. The average Bonchev–Trinajstić information content (AvgIpc) is 3.30. The first-order valence-corrected chi connectivity index (χ1v) is 12.4. The summed E-state index contributed by atoms with van der Waals surface area (Å²) in [5.41, 5.74) is 3.15. The van der Waals surface area contributed by atoms with E-state index in [2.05, 4.69) is 10.2 Å². The monoisotopic (exact) mass is 427 g/mol. The van der Waals surface area contributed by atoms with Crippen LogP contribution in [-0.2, 0) is 15.8 Å². The fourth-order valence-electron chi connectivity index (χ4n) is 4.13. The molecule has 0 aliphatic carbocycles. The second-order valence-corrected chi connectivity index (χ2v) is 10.1. The Kier molecular flexibility index (Phi) is 6.39. The van der Waals surface area contributed by atoms with Crippen LogP contribution in [-0.4, -0.2) is 44.8 Å². The second kappa shape index (κ2) is 9.18. The van der Waals surface area contributed by atoms with Crippen molar-refractivity contribution in [1.82, 2.24) is 4.31 Å². The lowest BCUT2D eigenvalue weighted by Crippen LogP contribution is -2.36. The van der Waals surface area contributed by atoms with Crippen molar-refractivity contribution in [3.05, 3.63) is 59.7 Å². The zero-order valence-corrected chi connectivity index (χ0v) is 18.0. The molecule has 0 atom stereocenters. The van der Waals surface area contributed by atoms with Crippen molar-refractivity contribution in [1.29, 1.82) is 0 Å². The van der Waals surface area contributed by atoms with Gasteiger partial charge in [0, 0.05) is 43.1 Å². The van der Waals surface area contributed by atoms with Gasteiger partial charge in [0.15, 0.2) is 0 Å². The minimum atomic E-state index is -3.30. The molecular formula is C23H29N3O3S. The van der Waals surface area contributed by atoms with Gasteiger partial charge in [-0.15, -0.1) is 0 Å². The van der Waals surface area contributed by atoms with Gasteiger partial charge in [0.1, 0.15) is 0 Å². The highest BCUT2D eigenvalue weighted by Crippen LogP contribution is 2.22. The predicted octanol–water partition coefficient (Wildman–Crippen LogP) is 3.85. The number of nitrogens with one attached hydrogen (secondary N) is 1. The topological polar surface area (TPSA) is 69.7 Å². The zero-order chi connectivity index (χ0) is 21.0. The fraction of sp³-hybridized carbons (Fsp3) is 0.435. The van der Waals surface area contributed by atoms with E-state index < -0.39 is 10.0 Å². The third-order valence-corrected chi connectivity index (χ3v) is 7.72. The average molecular weight is 428 g/mol. The van der Waals surface area contributed by atoms with Crippen LogP contribution < -0.4 is 10.2 Å². The number of carbonyl (C=O) groups excluding carboxylic acids is 1. The van der Waals surface area contributed by atoms with E-state index in [-0.39, 0.29) is 11.7 Å². The van der Waals surface area contributed by atoms with E-state index in [4.69, 9.17) is 0 Å². The van der Waals surface area contributed by atoms with Crippen LogP contribution in [0.25, 0.3) is 0 Å². The summed E-state index contributed by atoms with van der Waals surface area (Å²) in [6.45, 7) is 3.40. The van der Waals surface area contributed by atoms with E-state index in [0.717, 1.165) is 38.0 Å². The van der Waals surface area contributed by atoms with E-state index >= 15 is 0 Å². The van der Waals surface area contributed by atoms with Gasteiger partial charge in [0.05, 0.1) is 5.75 Å². The Labute approximate surface area is 178 Å². The maximum atomic E-state index is 12.6. The molecular weight excluding hydrogens is 398 g/mol. The number of benzene rings is 2. The standard InChI is InChI=1S/C23H29N3O3S/c27-23(24-21-10-12-22(13-11-21)25-14-4-5-15-25)20-8-6-19(7-9-20)18-30(28,29)26-16-2-1-3-17-26/h6-13H,1-5,14-18H2,(H,24,27). The van der Waals surface area contributed by atoms with Gasteiger partial charge in [-0.25, -0.2) is 12.7 Å². The number of nitrogens with zero attached hydrogens (tertiary/aromatic N) is 2. The first-order chi connectivity index (χ1) is 14.5. The molecule has 2 aromatic carbocycles. The van der Waals surface area contributed by atoms with Crippen molar-refractivity contribution in [2.24, 2.45) is 0 Å². The Morgan fingerprint density at radius 1 is 0.800 bits per heavy atom. The highest BCUT2D eigenvalue weighted by molar-refractivity contribution is 7.88. The molecule has 1 amide bonds. The third kappa shape index (κ3) is 5.02. The summed E-state index contributed by atoms with van der Waals surface area (Å²) >= 11 is 0. The molecule has 0 spiro atoms. The van der Waals surface area contributed by atoms with Gasteiger partial charge in [0.2, 0.25) is 10.0 Å². The van der Waals surface area contributed by atoms with E-state index in [9.17, 15) is 13.2 Å². The van der Waals surface area contributed by atoms with Crippen LogP contribution in [0.5, 0.6) is 0 Å². The number of piperidine rings is 1. The van der Waals surface area contributed by atoms with Crippen LogP contribution >= 0.6 is 0 Å². The number of hydrogen-bond acceptors (Lipinski definition) is 4. The molecule has 2 saturated heterocycles. The Balaban J connectivity index is 1.35. The summed E-state index contributed by atoms with van der Waals surface area (Å²) in [6, 6.07) is 14.8. The summed E-state index contributed by atoms with van der Waals surface area (Å²) in [4.78, 5) is 14.9. The van der Waals surface area contributed by atoms with Crippen LogP contribution in [0.4, 0.5) is 11.4 Å². The molecule has 0 bridgehead atoms. The molecule has 2 aromatic rings. The molecule has 1 N–H and O–H groups in total. The van der Waals surface area contributed by atoms with Crippen molar-refractivity contribution < 1.29 is 13.2 Å². The van der Waals surface area contributed by atoms with Crippen molar-refractivity contribution in [3.63, 3.8) is 0 Å². The first-order valence-electron chi connectivity index (χ1n) is 10.7. The molecule has 2 aliphatic heterocycles. The van der Waals surface area contributed by atoms with E-state index in [1.54, 1.807) is 28.6 Å². The van der Waals surface area contributed by atoms with Gasteiger partial charge in [-0.3, -0.25) is 4.79 Å². The molecule has 2 fully saturated rings. The van der Waals surface area contributed by atoms with Gasteiger partial charge in [0.25, 0.3) is 5.91 Å². The number of anilines is 2. The van der Waals surface area contributed by atoms with Gasteiger partial charge < -0.3 is 10.2 Å². The lowest BCUT2D eigenvalue weighted by atomic mass is 10.1. The Morgan fingerprint density at radius 3 is 2.03 bits per heavy atom. The summed E-state index contributed by atoms with van der Waals surface area (Å²) < 4.78 is 26.7. The van der Waals surface area contributed by atoms with Gasteiger partial charge in [-0.05, 0) is 67.6 Å². The normalized spacial score (nSPS) is 17.8. The summed E-state index contributed by atoms with van der Waals surface area (Å²) in [6.07, 6.45) is 5.41. The van der Waals surface area contributed by atoms with E-state index in [0.29, 0.717) is 24.2 Å². The van der Waals surface area contributed by atoms with Crippen LogP contribution in [0.2, 0.25) is 0 Å². The maximum Gasteiger partial charge on any atom is 0.255 e. The quantitative estimate of drug-likeness (QED) is 0.760. The lowest BCUT2D eigenvalue weighted by Gasteiger charge is -2.25. The molecule has 7 heteroatoms. The molecule has 160 valence electrons. The summed E-state index contributed by atoms with van der Waals surface area (Å²) in [5, 5.41) is 2.91. The molecule has 6 nitrogen and oxygen atoms in total. The molecule has 0 aromatic heterocycles. The molecule has 2 aliphatic rings. The van der Waals surface area contributed by atoms with Crippen molar-refractivity contribution in [3.8, 4) is 0 Å². The number of carbonyl (C=O) groups is 1. The molecule has 0 saturated carbocycles. The number of sulfonamides is 1. The SMILES string of the molecule is O=C(Nc1ccc(N2CCCC2)cc1)c1ccc(CS(=O)(=O)N2CCCCC2)cc1. The highest BCUT2D eigenvalue weighted by atomic mass is 32.2. The molecule has 0 unspecified atom stereocenters. The van der Waals surface area contributed by atoms with Gasteiger partial charge >= 0.3 is 0 Å². The molecule has 4 rings (SSSR count). The van der Waals surface area contributed by atoms with Crippen LogP contribution in [0.15, 0.2) is 48.5 Å². The Morgan fingerprint density at radius 2 is 1.40 bits per heavy atom. The van der Waals surface area contributed by atoms with Crippen molar-refractivity contribution in [2.45, 2.75) is 37.9 Å². The minimum Gasteiger partial charge on any atom is -0.372 e. The Bertz CT molecular complexity index is 960. The minimum absolute atomic E-state index is 0.0210. The molecule has 2 heterocycles. The smallest absolute Gasteiger partial charge is 0.255 e. The van der Waals surface area contributed by atoms with Gasteiger partial charge in [-0.2, -0.15) is 0 Å². The third-order valence-electron chi connectivity index (χ3n) is 5.87. The first kappa shape index (κ1) is 20.9. The summed E-state index contributed by atoms with van der Waals surface area (Å²) in [7, 11) is -3.30.